The summed E-state index contributed by atoms with van der Waals surface area (Å²) in [5.74, 6) is 0. The summed E-state index contributed by atoms with van der Waals surface area (Å²) >= 11 is 0. The molecule has 0 amide bonds. The zero-order valence-electron chi connectivity index (χ0n) is 1.63. The van der Waals surface area contributed by atoms with Crippen LogP contribution in [0, 0.1) is 0 Å². The number of hydrogen-bond acceptors (Lipinski definition) is 0. The van der Waals surface area contributed by atoms with E-state index in [0.717, 1.165) is 0 Å². The molecule has 0 atom stereocenters. The van der Waals surface area contributed by atoms with E-state index in [9.17, 15) is 0 Å². The quantitative estimate of drug-likeness (QED) is 0.575. The minimum absolute atomic E-state index is 0. The van der Waals surface area contributed by atoms with E-state index in [1.54, 1.807) is 0 Å². The summed E-state index contributed by atoms with van der Waals surface area (Å²) in [6, 6.07) is 0. The molecule has 0 bridgehead atoms. The van der Waals surface area contributed by atoms with Crippen LogP contribution in [0.25, 0.3) is 0 Å². The van der Waals surface area contributed by atoms with E-state index in [4.69, 9.17) is 0 Å². The van der Waals surface area contributed by atoms with Crippen LogP contribution in [0.2, 0.25) is 0 Å². The van der Waals surface area contributed by atoms with E-state index in [2.05, 4.69) is 0 Å². The summed E-state index contributed by atoms with van der Waals surface area (Å²) in [6.45, 7) is 0. The minimum Gasteiger partial charge on any atom is -0.0776 e. The predicted octanol–water partition coefficient (Wildman–Crippen LogP) is 0.624. The topological polar surface area (TPSA) is 0 Å². The van der Waals surface area contributed by atoms with Gasteiger partial charge >= 0.3 is 0 Å². The normalized spacial score (nSPS) is 0. The fourth-order valence-electron chi connectivity index (χ4n) is 0. The zero-order chi connectivity index (χ0) is 0. The molecule has 56 valence electrons. The SMILES string of the molecule is C.[Cu].[Cu].[Fe].[Fe].[Ni]. The molecule has 0 rings (SSSR count). The van der Waals surface area contributed by atoms with Crippen molar-refractivity contribution in [3.05, 3.63) is 0 Å². The van der Waals surface area contributed by atoms with Gasteiger partial charge in [-0.25, -0.2) is 0 Å². The van der Waals surface area contributed by atoms with E-state index >= 15 is 0 Å². The van der Waals surface area contributed by atoms with Gasteiger partial charge in [-0.2, -0.15) is 0 Å². The third-order valence-electron chi connectivity index (χ3n) is 0. The van der Waals surface area contributed by atoms with Gasteiger partial charge in [0.1, 0.15) is 0 Å². The first kappa shape index (κ1) is 74.3. The molecule has 0 saturated carbocycles. The summed E-state index contributed by atoms with van der Waals surface area (Å²) in [4.78, 5) is 0. The molecule has 0 aliphatic heterocycles. The van der Waals surface area contributed by atoms with Crippen molar-refractivity contribution in [3.8, 4) is 0 Å². The Hall–Kier alpha value is 2.57. The maximum absolute atomic E-state index is 0. The first-order valence-electron chi connectivity index (χ1n) is 0. The second-order valence-corrected chi connectivity index (χ2v) is 0. The molecule has 0 aromatic heterocycles. The molecule has 0 aliphatic rings. The van der Waals surface area contributed by atoms with Gasteiger partial charge in [-0.1, -0.05) is 7.43 Å². The Morgan fingerprint density at radius 1 is 0.667 bits per heavy atom. The van der Waals surface area contributed by atoms with Crippen LogP contribution < -0.4 is 0 Å². The second-order valence-electron chi connectivity index (χ2n) is 0. The van der Waals surface area contributed by atoms with Crippen molar-refractivity contribution in [2.24, 2.45) is 0 Å². The first-order chi connectivity index (χ1) is 0. The Labute approximate surface area is 91.2 Å². The van der Waals surface area contributed by atoms with Gasteiger partial charge in [0.05, 0.1) is 0 Å². The van der Waals surface area contributed by atoms with E-state index in [1.807, 2.05) is 0 Å². The molecular weight excluding hydrogens is 309 g/mol. The Morgan fingerprint density at radius 3 is 0.667 bits per heavy atom. The van der Waals surface area contributed by atoms with Crippen LogP contribution in [-0.4, -0.2) is 0 Å². The summed E-state index contributed by atoms with van der Waals surface area (Å²) in [6.07, 6.45) is 0. The van der Waals surface area contributed by atoms with Gasteiger partial charge in [0.25, 0.3) is 0 Å². The van der Waals surface area contributed by atoms with Gasteiger partial charge in [0.2, 0.25) is 0 Å². The Kier molecular flexibility index (Phi) is 612. The standard InChI is InChI=1S/CH4.2Cu.2Fe.Ni/h1H4;;;;;. The third-order valence-corrected chi connectivity index (χ3v) is 0. The maximum Gasteiger partial charge on any atom is 0 e. The van der Waals surface area contributed by atoms with Crippen molar-refractivity contribution in [1.29, 1.82) is 0 Å². The minimum atomic E-state index is 0. The van der Waals surface area contributed by atoms with Crippen LogP contribution in [0.4, 0.5) is 0 Å². The molecule has 0 fully saturated rings. The average Bonchev–Trinajstić information content (AvgIpc) is 0. The first-order valence-corrected chi connectivity index (χ1v) is 0. The summed E-state index contributed by atoms with van der Waals surface area (Å²) in [7, 11) is 0. The van der Waals surface area contributed by atoms with Crippen molar-refractivity contribution < 1.29 is 84.8 Å². The van der Waals surface area contributed by atoms with E-state index in [-0.39, 0.29) is 92.2 Å². The van der Waals surface area contributed by atoms with Gasteiger partial charge in [-0.05, 0) is 0 Å². The Balaban J connectivity index is 0. The van der Waals surface area contributed by atoms with Crippen LogP contribution in [0.1, 0.15) is 7.43 Å². The molecule has 0 N–H and O–H groups in total. The van der Waals surface area contributed by atoms with Crippen molar-refractivity contribution in [3.63, 3.8) is 0 Å². The fourth-order valence-corrected chi connectivity index (χ4v) is 0. The van der Waals surface area contributed by atoms with Crippen LogP contribution in [-0.2, 0) is 84.8 Å². The smallest absolute Gasteiger partial charge is 0 e. The van der Waals surface area contributed by atoms with Crippen LogP contribution in [0.3, 0.4) is 0 Å². The summed E-state index contributed by atoms with van der Waals surface area (Å²) < 4.78 is 0. The van der Waals surface area contributed by atoms with Crippen LogP contribution in [0.5, 0.6) is 0 Å². The van der Waals surface area contributed by atoms with E-state index in [1.165, 1.54) is 0 Å². The van der Waals surface area contributed by atoms with E-state index in [0.29, 0.717) is 0 Å². The predicted molar refractivity (Wildman–Crippen MR) is 6.73 cm³/mol. The van der Waals surface area contributed by atoms with Gasteiger partial charge < -0.3 is 0 Å². The molecule has 0 saturated heterocycles. The third kappa shape index (κ3) is 30.8. The van der Waals surface area contributed by atoms with Crippen molar-refractivity contribution in [2.75, 3.05) is 0 Å². The van der Waals surface area contributed by atoms with E-state index < -0.39 is 0 Å². The van der Waals surface area contributed by atoms with Crippen molar-refractivity contribution >= 4 is 0 Å². The number of hydrogen-bond donors (Lipinski definition) is 0. The molecular formula is CH4Cu2Fe2Ni. The van der Waals surface area contributed by atoms with Crippen molar-refractivity contribution in [2.45, 2.75) is 7.43 Å². The monoisotopic (exact) mass is 312 g/mol. The number of rotatable bonds is 0. The van der Waals surface area contributed by atoms with Crippen LogP contribution >= 0.6 is 0 Å². The maximum atomic E-state index is 0. The van der Waals surface area contributed by atoms with Gasteiger partial charge in [0, 0.05) is 84.8 Å². The van der Waals surface area contributed by atoms with Crippen molar-refractivity contribution in [1.82, 2.24) is 0 Å². The largest absolute Gasteiger partial charge is 0.0776 e. The summed E-state index contributed by atoms with van der Waals surface area (Å²) in [5.41, 5.74) is 0. The second kappa shape index (κ2) is 49.4. The Morgan fingerprint density at radius 2 is 0.667 bits per heavy atom. The molecule has 5 heteroatoms. The van der Waals surface area contributed by atoms with Crippen LogP contribution in [0.15, 0.2) is 0 Å². The molecule has 6 heavy (non-hydrogen) atoms. The molecule has 0 unspecified atom stereocenters. The van der Waals surface area contributed by atoms with Gasteiger partial charge in [0.15, 0.2) is 0 Å². The fraction of sp³-hybridized carbons (Fsp3) is 1.00. The zero-order valence-corrected chi connectivity index (χ0v) is 6.71. The molecule has 0 aliphatic carbocycles. The molecule has 0 aromatic carbocycles. The van der Waals surface area contributed by atoms with Gasteiger partial charge in [-0.15, -0.1) is 0 Å². The average molecular weight is 314 g/mol. The molecule has 2 radical (unpaired) electrons. The molecule has 0 aromatic rings. The molecule has 0 spiro atoms. The molecule has 0 heterocycles. The molecule has 0 nitrogen and oxygen atoms in total. The summed E-state index contributed by atoms with van der Waals surface area (Å²) in [5, 5.41) is 0. The van der Waals surface area contributed by atoms with Gasteiger partial charge in [-0.3, -0.25) is 0 Å². The Bertz CT molecular complexity index is 11.5.